The van der Waals surface area contributed by atoms with Crippen molar-refractivity contribution in [2.75, 3.05) is 13.7 Å². The van der Waals surface area contributed by atoms with Gasteiger partial charge in [-0.25, -0.2) is 5.43 Å². The molecule has 12 heteroatoms. The lowest BCUT2D eigenvalue weighted by atomic mass is 10.2. The average molecular weight is 661 g/mol. The molecule has 0 atom stereocenters. The summed E-state index contributed by atoms with van der Waals surface area (Å²) in [4.78, 5) is 12.5. The SMILES string of the molecule is CCCOc1ccc(C(=O)N/N=C/c2cc(Br)c(OS(=O)(=O)c3ccc(Cl)cc3)c(Br)c2)cc1OC. The third kappa shape index (κ3) is 7.22. The van der Waals surface area contributed by atoms with E-state index in [4.69, 9.17) is 25.3 Å². The van der Waals surface area contributed by atoms with Crippen LogP contribution in [0, 0.1) is 0 Å². The van der Waals surface area contributed by atoms with Gasteiger partial charge in [0.2, 0.25) is 0 Å². The van der Waals surface area contributed by atoms with E-state index in [0.29, 0.717) is 43.2 Å². The first-order valence-electron chi connectivity index (χ1n) is 10.5. The minimum Gasteiger partial charge on any atom is -0.493 e. The van der Waals surface area contributed by atoms with E-state index in [2.05, 4.69) is 42.4 Å². The molecule has 3 rings (SSSR count). The van der Waals surface area contributed by atoms with Crippen LogP contribution in [0.5, 0.6) is 17.2 Å². The molecule has 0 radical (unpaired) electrons. The zero-order valence-electron chi connectivity index (χ0n) is 19.1. The first kappa shape index (κ1) is 28.0. The summed E-state index contributed by atoms with van der Waals surface area (Å²) in [6, 6.07) is 13.6. The fourth-order valence-corrected chi connectivity index (χ4v) is 5.55. The highest BCUT2D eigenvalue weighted by molar-refractivity contribution is 9.11. The van der Waals surface area contributed by atoms with Gasteiger partial charge in [-0.1, -0.05) is 18.5 Å². The van der Waals surface area contributed by atoms with Crippen molar-refractivity contribution >= 4 is 65.7 Å². The van der Waals surface area contributed by atoms with E-state index in [9.17, 15) is 13.2 Å². The molecular weight excluding hydrogens is 640 g/mol. The predicted molar refractivity (Wildman–Crippen MR) is 145 cm³/mol. The molecule has 1 N–H and O–H groups in total. The maximum atomic E-state index is 12.6. The van der Waals surface area contributed by atoms with Crippen LogP contribution < -0.4 is 19.1 Å². The second-order valence-electron chi connectivity index (χ2n) is 7.22. The molecule has 190 valence electrons. The predicted octanol–water partition coefficient (Wildman–Crippen LogP) is 6.19. The number of hydrogen-bond donors (Lipinski definition) is 1. The number of hydrogen-bond acceptors (Lipinski definition) is 7. The van der Waals surface area contributed by atoms with Crippen LogP contribution in [0.4, 0.5) is 0 Å². The smallest absolute Gasteiger partial charge is 0.339 e. The summed E-state index contributed by atoms with van der Waals surface area (Å²) in [6.45, 7) is 2.53. The first-order valence-corrected chi connectivity index (χ1v) is 13.8. The molecule has 0 saturated carbocycles. The van der Waals surface area contributed by atoms with Gasteiger partial charge in [0.25, 0.3) is 5.91 Å². The average Bonchev–Trinajstić information content (AvgIpc) is 2.85. The zero-order valence-corrected chi connectivity index (χ0v) is 23.9. The molecule has 0 spiro atoms. The van der Waals surface area contributed by atoms with Crippen molar-refractivity contribution in [3.05, 3.63) is 79.7 Å². The normalized spacial score (nSPS) is 11.4. The van der Waals surface area contributed by atoms with Gasteiger partial charge in [-0.2, -0.15) is 13.5 Å². The summed E-state index contributed by atoms with van der Waals surface area (Å²) in [6.07, 6.45) is 2.25. The van der Waals surface area contributed by atoms with Crippen LogP contribution in [0.1, 0.15) is 29.3 Å². The summed E-state index contributed by atoms with van der Waals surface area (Å²) < 4.78 is 42.1. The molecule has 0 saturated heterocycles. The Morgan fingerprint density at radius 2 is 1.72 bits per heavy atom. The summed E-state index contributed by atoms with van der Waals surface area (Å²) in [5.74, 6) is 0.605. The Kier molecular flexibility index (Phi) is 9.77. The first-order chi connectivity index (χ1) is 17.1. The van der Waals surface area contributed by atoms with Gasteiger partial charge in [0.05, 0.1) is 28.9 Å². The van der Waals surface area contributed by atoms with Gasteiger partial charge in [0, 0.05) is 10.6 Å². The number of halogens is 3. The van der Waals surface area contributed by atoms with Crippen LogP contribution in [0.3, 0.4) is 0 Å². The Labute approximate surface area is 231 Å². The highest BCUT2D eigenvalue weighted by Crippen LogP contribution is 2.36. The topological polar surface area (TPSA) is 103 Å². The summed E-state index contributed by atoms with van der Waals surface area (Å²) in [5.41, 5.74) is 3.35. The third-order valence-corrected chi connectivity index (χ3v) is 7.25. The number of methoxy groups -OCH3 is 1. The number of carbonyl (C=O) groups excluding carboxylic acids is 1. The van der Waals surface area contributed by atoms with Gasteiger partial charge in [0.1, 0.15) is 4.90 Å². The number of nitrogens with one attached hydrogen (secondary N) is 1. The summed E-state index contributed by atoms with van der Waals surface area (Å²) in [7, 11) is -2.59. The Balaban J connectivity index is 1.71. The Hall–Kier alpha value is -2.60. The van der Waals surface area contributed by atoms with E-state index >= 15 is 0 Å². The van der Waals surface area contributed by atoms with E-state index in [1.165, 1.54) is 37.6 Å². The van der Waals surface area contributed by atoms with E-state index in [-0.39, 0.29) is 10.6 Å². The lowest BCUT2D eigenvalue weighted by molar-refractivity contribution is 0.0954. The largest absolute Gasteiger partial charge is 0.493 e. The Bertz CT molecular complexity index is 1360. The lowest BCUT2D eigenvalue weighted by Gasteiger charge is -2.11. The molecule has 3 aromatic carbocycles. The molecule has 36 heavy (non-hydrogen) atoms. The second-order valence-corrected chi connectivity index (χ2v) is 10.9. The minimum atomic E-state index is -4.09. The van der Waals surface area contributed by atoms with E-state index in [1.807, 2.05) is 6.92 Å². The van der Waals surface area contributed by atoms with Crippen LogP contribution in [0.15, 0.2) is 73.5 Å². The van der Waals surface area contributed by atoms with Crippen molar-refractivity contribution in [2.24, 2.45) is 5.10 Å². The van der Waals surface area contributed by atoms with Crippen molar-refractivity contribution in [3.8, 4) is 17.2 Å². The van der Waals surface area contributed by atoms with Gasteiger partial charge in [-0.15, -0.1) is 0 Å². The molecule has 0 aliphatic carbocycles. The fourth-order valence-electron chi connectivity index (χ4n) is 2.86. The number of amides is 1. The number of ether oxygens (including phenoxy) is 2. The second kappa shape index (κ2) is 12.6. The molecule has 3 aromatic rings. The van der Waals surface area contributed by atoms with Crippen LogP contribution >= 0.6 is 43.5 Å². The van der Waals surface area contributed by atoms with Crippen LogP contribution in [0.2, 0.25) is 5.02 Å². The van der Waals surface area contributed by atoms with Crippen molar-refractivity contribution in [2.45, 2.75) is 18.2 Å². The number of nitrogens with zero attached hydrogens (tertiary/aromatic N) is 1. The van der Waals surface area contributed by atoms with Crippen molar-refractivity contribution in [1.82, 2.24) is 5.43 Å². The van der Waals surface area contributed by atoms with E-state index in [0.717, 1.165) is 6.42 Å². The standard InChI is InChI=1S/C24H21Br2ClN2O6S/c1-3-10-34-21-9-4-16(13-22(21)33-2)24(30)29-28-14-15-11-19(25)23(20(26)12-15)35-36(31,32)18-7-5-17(27)6-8-18/h4-9,11-14H,3,10H2,1-2H3,(H,29,30)/b28-14+. The zero-order chi connectivity index (χ0) is 26.3. The highest BCUT2D eigenvalue weighted by Gasteiger charge is 2.20. The maximum Gasteiger partial charge on any atom is 0.339 e. The van der Waals surface area contributed by atoms with E-state index < -0.39 is 16.0 Å². The Morgan fingerprint density at radius 1 is 1.06 bits per heavy atom. The summed E-state index contributed by atoms with van der Waals surface area (Å²) in [5, 5.41) is 4.38. The van der Waals surface area contributed by atoms with E-state index in [1.54, 1.807) is 30.3 Å². The fraction of sp³-hybridized carbons (Fsp3) is 0.167. The maximum absolute atomic E-state index is 12.6. The number of carbonyl (C=O) groups is 1. The number of rotatable bonds is 10. The van der Waals surface area contributed by atoms with Crippen LogP contribution in [0.25, 0.3) is 0 Å². The molecular formula is C24H21Br2ClN2O6S. The number of benzene rings is 3. The number of hydrazone groups is 1. The van der Waals surface area contributed by atoms with Crippen LogP contribution in [-0.2, 0) is 10.1 Å². The Morgan fingerprint density at radius 3 is 2.33 bits per heavy atom. The van der Waals surface area contributed by atoms with Gasteiger partial charge < -0.3 is 13.7 Å². The molecule has 0 fully saturated rings. The lowest BCUT2D eigenvalue weighted by Crippen LogP contribution is -2.17. The molecule has 8 nitrogen and oxygen atoms in total. The van der Waals surface area contributed by atoms with Crippen molar-refractivity contribution in [1.29, 1.82) is 0 Å². The van der Waals surface area contributed by atoms with Gasteiger partial charge in [0.15, 0.2) is 17.2 Å². The molecule has 0 unspecified atom stereocenters. The molecule has 1 amide bonds. The van der Waals surface area contributed by atoms with Gasteiger partial charge in [-0.3, -0.25) is 4.79 Å². The van der Waals surface area contributed by atoms with Crippen LogP contribution in [-0.4, -0.2) is 34.3 Å². The molecule has 0 aromatic heterocycles. The van der Waals surface area contributed by atoms with Crippen molar-refractivity contribution in [3.63, 3.8) is 0 Å². The van der Waals surface area contributed by atoms with Gasteiger partial charge in [-0.05, 0) is 98.4 Å². The monoisotopic (exact) mass is 658 g/mol. The molecule has 0 aliphatic rings. The minimum absolute atomic E-state index is 0.0411. The molecule has 0 aliphatic heterocycles. The van der Waals surface area contributed by atoms with Gasteiger partial charge >= 0.3 is 10.1 Å². The quantitative estimate of drug-likeness (QED) is 0.158. The molecule has 0 bridgehead atoms. The van der Waals surface area contributed by atoms with Crippen molar-refractivity contribution < 1.29 is 26.9 Å². The molecule has 0 heterocycles. The highest BCUT2D eigenvalue weighted by atomic mass is 79.9. The third-order valence-electron chi connectivity index (χ3n) is 4.58. The summed E-state index contributed by atoms with van der Waals surface area (Å²) >= 11 is 12.5.